The fourth-order valence-electron chi connectivity index (χ4n) is 4.26. The summed E-state index contributed by atoms with van der Waals surface area (Å²) in [6, 6.07) is 6.40. The molecule has 2 atom stereocenters. The zero-order valence-electron chi connectivity index (χ0n) is 17.6. The van der Waals surface area contributed by atoms with Gasteiger partial charge in [0.05, 0.1) is 17.8 Å². The molecule has 6 nitrogen and oxygen atoms in total. The Bertz CT molecular complexity index is 1040. The highest BCUT2D eigenvalue weighted by Crippen LogP contribution is 2.46. The number of thiophene rings is 1. The van der Waals surface area contributed by atoms with Gasteiger partial charge in [-0.3, -0.25) is 9.80 Å². The number of amides is 1. The quantitative estimate of drug-likeness (QED) is 0.387. The summed E-state index contributed by atoms with van der Waals surface area (Å²) < 4.78 is 1.33. The van der Waals surface area contributed by atoms with Crippen LogP contribution < -0.4 is 34.4 Å². The van der Waals surface area contributed by atoms with Gasteiger partial charge in [-0.1, -0.05) is 23.2 Å². The number of carbonyl (C=O) groups is 1. The van der Waals surface area contributed by atoms with E-state index in [4.69, 9.17) is 23.2 Å². The van der Waals surface area contributed by atoms with Crippen molar-refractivity contribution in [3.63, 3.8) is 0 Å². The first-order chi connectivity index (χ1) is 14.6. The van der Waals surface area contributed by atoms with Gasteiger partial charge in [0.1, 0.15) is 24.7 Å². The van der Waals surface area contributed by atoms with Crippen LogP contribution in [0.15, 0.2) is 39.2 Å². The Hall–Kier alpha value is -0.430. The molecule has 2 aliphatic rings. The van der Waals surface area contributed by atoms with E-state index in [1.807, 2.05) is 18.5 Å². The van der Waals surface area contributed by atoms with E-state index in [1.54, 1.807) is 30.1 Å². The fraction of sp³-hybridized carbons (Fsp3) is 0.429. The van der Waals surface area contributed by atoms with E-state index in [9.17, 15) is 9.90 Å². The fourth-order valence-corrected chi connectivity index (χ4v) is 6.40. The Labute approximate surface area is 227 Å². The molecule has 3 heterocycles. The van der Waals surface area contributed by atoms with Crippen LogP contribution in [0.5, 0.6) is 0 Å². The van der Waals surface area contributed by atoms with E-state index in [-0.39, 0.29) is 35.6 Å². The minimum absolute atomic E-state index is 0. The number of halogens is 4. The molecule has 11 heteroatoms. The van der Waals surface area contributed by atoms with Crippen molar-refractivity contribution >= 4 is 67.8 Å². The van der Waals surface area contributed by atoms with Crippen molar-refractivity contribution in [1.82, 2.24) is 5.43 Å². The number of hydrogen-bond acceptors (Lipinski definition) is 5. The molecule has 0 aliphatic carbocycles. The Balaban J connectivity index is 0.00000289. The number of aliphatic hydroxyl groups is 1. The van der Waals surface area contributed by atoms with Crippen LogP contribution in [0.3, 0.4) is 0 Å². The Kier molecular flexibility index (Phi) is 8.22. The molecule has 1 aromatic carbocycles. The van der Waals surface area contributed by atoms with Crippen LogP contribution in [0.1, 0.15) is 37.1 Å². The monoisotopic (exact) mass is 672 g/mol. The minimum Gasteiger partial charge on any atom is -1.00 e. The van der Waals surface area contributed by atoms with Crippen LogP contribution in [-0.2, 0) is 4.79 Å². The average Bonchev–Trinajstić information content (AvgIpc) is 3.21. The summed E-state index contributed by atoms with van der Waals surface area (Å²) in [7, 11) is 2.00. The number of benzene rings is 1. The number of piperidine rings is 1. The number of likely N-dealkylation sites (tertiary alicyclic amines) is 1. The normalized spacial score (nSPS) is 24.6. The van der Waals surface area contributed by atoms with Crippen molar-refractivity contribution in [1.29, 1.82) is 0 Å². The Morgan fingerprint density at radius 2 is 2.00 bits per heavy atom. The van der Waals surface area contributed by atoms with E-state index in [1.165, 1.54) is 17.8 Å². The van der Waals surface area contributed by atoms with Gasteiger partial charge in [0.2, 0.25) is 0 Å². The summed E-state index contributed by atoms with van der Waals surface area (Å²) >= 11 is 17.5. The highest BCUT2D eigenvalue weighted by molar-refractivity contribution is 9.10. The largest absolute Gasteiger partial charge is 1.00 e. The first kappa shape index (κ1) is 26.2. The number of anilines is 1. The van der Waals surface area contributed by atoms with Gasteiger partial charge in [-0.25, -0.2) is 4.59 Å². The van der Waals surface area contributed by atoms with Gasteiger partial charge >= 0.3 is 5.91 Å². The number of nitrogens with one attached hydrogen (secondary N) is 1. The molecule has 1 fully saturated rings. The van der Waals surface area contributed by atoms with Gasteiger partial charge in [-0.2, -0.15) is 10.5 Å². The minimum atomic E-state index is -1.54. The van der Waals surface area contributed by atoms with Crippen molar-refractivity contribution in [3.8, 4) is 0 Å². The molecule has 2 unspecified atom stereocenters. The third-order valence-corrected chi connectivity index (χ3v) is 8.15. The molecule has 2 N–H and O–H groups in total. The molecule has 32 heavy (non-hydrogen) atoms. The standard InChI is InChI=1S/C21H23BrCl2N4O2S.HI/c1-21(30)18(20(29)26-28(2)8-4-3-5-9-28)25-27(16-7-6-14(23)11-15(16)24)19(21)17-10-13(22)12-31-17;/h6-7,10-12,19,30H,3-5,8-9H2,1-2H3;1H. The van der Waals surface area contributed by atoms with Crippen molar-refractivity contribution in [2.75, 3.05) is 25.1 Å². The lowest BCUT2D eigenvalue weighted by molar-refractivity contribution is -0.947. The lowest BCUT2D eigenvalue weighted by atomic mass is 9.90. The molecule has 1 amide bonds. The van der Waals surface area contributed by atoms with Crippen LogP contribution in [0.2, 0.25) is 10.0 Å². The zero-order chi connectivity index (χ0) is 22.4. The molecule has 0 radical (unpaired) electrons. The van der Waals surface area contributed by atoms with Gasteiger partial charge in [-0.05, 0) is 66.4 Å². The highest BCUT2D eigenvalue weighted by atomic mass is 127. The Morgan fingerprint density at radius 1 is 1.31 bits per heavy atom. The summed E-state index contributed by atoms with van der Waals surface area (Å²) in [5, 5.41) is 20.7. The van der Waals surface area contributed by atoms with Crippen molar-refractivity contribution in [3.05, 3.63) is 49.0 Å². The van der Waals surface area contributed by atoms with Crippen molar-refractivity contribution < 1.29 is 38.5 Å². The van der Waals surface area contributed by atoms with E-state index in [0.29, 0.717) is 20.3 Å². The second-order valence-corrected chi connectivity index (χ2v) is 11.2. The van der Waals surface area contributed by atoms with Gasteiger partial charge in [0, 0.05) is 19.8 Å². The van der Waals surface area contributed by atoms with Gasteiger partial charge in [0.25, 0.3) is 0 Å². The number of quaternary nitrogens is 1. The van der Waals surface area contributed by atoms with Gasteiger partial charge < -0.3 is 29.1 Å². The molecule has 2 aromatic rings. The number of hydrogen-bond donors (Lipinski definition) is 2. The van der Waals surface area contributed by atoms with Crippen LogP contribution in [0.25, 0.3) is 0 Å². The van der Waals surface area contributed by atoms with E-state index in [2.05, 4.69) is 26.5 Å². The summed E-state index contributed by atoms with van der Waals surface area (Å²) in [4.78, 5) is 14.2. The van der Waals surface area contributed by atoms with Crippen LogP contribution in [-0.4, -0.2) is 47.1 Å². The second kappa shape index (κ2) is 10.1. The highest BCUT2D eigenvalue weighted by Gasteiger charge is 2.52. The van der Waals surface area contributed by atoms with Crippen LogP contribution >= 0.6 is 50.5 Å². The van der Waals surface area contributed by atoms with E-state index in [0.717, 1.165) is 35.3 Å². The lowest BCUT2D eigenvalue weighted by Gasteiger charge is -2.37. The zero-order valence-corrected chi connectivity index (χ0v) is 23.7. The van der Waals surface area contributed by atoms with E-state index >= 15 is 0 Å². The summed E-state index contributed by atoms with van der Waals surface area (Å²) in [5.74, 6) is -0.373. The molecular formula is C21H24BrCl2IN4O2S. The topological polar surface area (TPSA) is 64.9 Å². The molecule has 0 bridgehead atoms. The summed E-state index contributed by atoms with van der Waals surface area (Å²) in [6.45, 7) is 3.34. The number of carbonyl (C=O) groups excluding carboxylic acids is 1. The first-order valence-electron chi connectivity index (χ1n) is 10.1. The summed E-state index contributed by atoms with van der Waals surface area (Å²) in [5.41, 5.74) is 2.19. The van der Waals surface area contributed by atoms with Crippen molar-refractivity contribution in [2.24, 2.45) is 5.10 Å². The lowest BCUT2D eigenvalue weighted by Crippen LogP contribution is -3.00. The molecular weight excluding hydrogens is 650 g/mol. The Morgan fingerprint density at radius 3 is 2.59 bits per heavy atom. The SMILES string of the molecule is CC1(O)C(C(=O)N[N+]2(C)CCCCC2)=NN(c2ccc(Cl)cc2Cl)C1c1cc(Br)cs1.[I-]. The number of rotatable bonds is 4. The summed E-state index contributed by atoms with van der Waals surface area (Å²) in [6.07, 6.45) is 3.27. The van der Waals surface area contributed by atoms with Crippen molar-refractivity contribution in [2.45, 2.75) is 37.8 Å². The van der Waals surface area contributed by atoms with Gasteiger partial charge in [-0.15, -0.1) is 11.3 Å². The van der Waals surface area contributed by atoms with Crippen LogP contribution in [0.4, 0.5) is 5.69 Å². The molecule has 174 valence electrons. The smallest absolute Gasteiger partial charge is 0.315 e. The van der Waals surface area contributed by atoms with Crippen LogP contribution in [0, 0.1) is 0 Å². The molecule has 2 aliphatic heterocycles. The third kappa shape index (κ3) is 5.13. The number of hydrazone groups is 1. The van der Waals surface area contributed by atoms with E-state index < -0.39 is 11.6 Å². The maximum absolute atomic E-state index is 13.3. The maximum Gasteiger partial charge on any atom is 0.315 e. The predicted molar refractivity (Wildman–Crippen MR) is 130 cm³/mol. The first-order valence-corrected chi connectivity index (χ1v) is 12.5. The number of nitrogens with zero attached hydrogens (tertiary/aromatic N) is 3. The average molecular weight is 674 g/mol. The molecule has 0 spiro atoms. The molecule has 0 saturated carbocycles. The predicted octanol–water partition coefficient (Wildman–Crippen LogP) is 2.15. The molecule has 1 saturated heterocycles. The molecule has 4 rings (SSSR count). The van der Waals surface area contributed by atoms with Gasteiger partial charge in [0.15, 0.2) is 5.71 Å². The maximum atomic E-state index is 13.3. The second-order valence-electron chi connectivity index (χ2n) is 8.45. The third-order valence-electron chi connectivity index (χ3n) is 5.87. The molecule has 1 aromatic heterocycles.